The molecule has 0 aliphatic carbocycles. The van der Waals surface area contributed by atoms with Crippen molar-refractivity contribution in [1.29, 1.82) is 0 Å². The molecule has 0 bridgehead atoms. The van der Waals surface area contributed by atoms with Gasteiger partial charge in [-0.15, -0.1) is 11.8 Å². The van der Waals surface area contributed by atoms with E-state index in [1.54, 1.807) is 24.8 Å². The highest BCUT2D eigenvalue weighted by atomic mass is 32.2. The van der Waals surface area contributed by atoms with Crippen molar-refractivity contribution >= 4 is 29.3 Å². The number of halogens is 1. The standard InChI is InChI=1S/C14H17FOS2/c1-8-6-11(15)4-5-12(8)14(16)13-7-17-9(2)10(3)18-13/h4-6,9-10,13H,7H2,1-3H3. The average molecular weight is 284 g/mol. The number of carbonyl (C=O) groups is 1. The van der Waals surface area contributed by atoms with E-state index in [4.69, 9.17) is 0 Å². The molecule has 0 N–H and O–H groups in total. The van der Waals surface area contributed by atoms with Gasteiger partial charge in [-0.2, -0.15) is 11.8 Å². The minimum Gasteiger partial charge on any atom is -0.293 e. The van der Waals surface area contributed by atoms with E-state index in [1.165, 1.54) is 12.1 Å². The normalized spacial score (nSPS) is 28.1. The van der Waals surface area contributed by atoms with Crippen LogP contribution >= 0.6 is 23.5 Å². The van der Waals surface area contributed by atoms with Gasteiger partial charge in [0, 0.05) is 21.8 Å². The Kier molecular flexibility index (Phi) is 4.38. The van der Waals surface area contributed by atoms with E-state index in [2.05, 4.69) is 13.8 Å². The zero-order valence-electron chi connectivity index (χ0n) is 10.8. The first-order valence-corrected chi connectivity index (χ1v) is 8.05. The summed E-state index contributed by atoms with van der Waals surface area (Å²) < 4.78 is 13.0. The number of hydrogen-bond acceptors (Lipinski definition) is 3. The Morgan fingerprint density at radius 3 is 2.67 bits per heavy atom. The molecule has 1 fully saturated rings. The molecule has 0 amide bonds. The third-order valence-electron chi connectivity index (χ3n) is 3.30. The van der Waals surface area contributed by atoms with Gasteiger partial charge in [0.1, 0.15) is 5.82 Å². The maximum atomic E-state index is 13.0. The predicted octanol–water partition coefficient (Wildman–Crippen LogP) is 3.94. The third-order valence-corrected chi connectivity index (χ3v) is 6.69. The monoisotopic (exact) mass is 284 g/mol. The molecule has 1 aliphatic rings. The molecule has 4 heteroatoms. The topological polar surface area (TPSA) is 17.1 Å². The lowest BCUT2D eigenvalue weighted by atomic mass is 10.0. The highest BCUT2D eigenvalue weighted by Gasteiger charge is 2.31. The second-order valence-electron chi connectivity index (χ2n) is 4.69. The number of rotatable bonds is 2. The summed E-state index contributed by atoms with van der Waals surface area (Å²) in [7, 11) is 0. The van der Waals surface area contributed by atoms with Crippen LogP contribution in [0.3, 0.4) is 0 Å². The summed E-state index contributed by atoms with van der Waals surface area (Å²) in [5.41, 5.74) is 1.40. The third kappa shape index (κ3) is 2.91. The van der Waals surface area contributed by atoms with Crippen molar-refractivity contribution < 1.29 is 9.18 Å². The molecule has 0 aromatic heterocycles. The van der Waals surface area contributed by atoms with Crippen molar-refractivity contribution in [3.05, 3.63) is 35.1 Å². The summed E-state index contributed by atoms with van der Waals surface area (Å²) >= 11 is 3.60. The Bertz CT molecular complexity index is 461. The molecule has 3 atom stereocenters. The van der Waals surface area contributed by atoms with Gasteiger partial charge in [-0.25, -0.2) is 4.39 Å². The van der Waals surface area contributed by atoms with E-state index in [9.17, 15) is 9.18 Å². The SMILES string of the molecule is Cc1cc(F)ccc1C(=O)C1CSC(C)C(C)S1. The first-order valence-electron chi connectivity index (χ1n) is 6.06. The Hall–Kier alpha value is -0.480. The minimum absolute atomic E-state index is 0.00496. The largest absolute Gasteiger partial charge is 0.293 e. The maximum Gasteiger partial charge on any atom is 0.176 e. The van der Waals surface area contributed by atoms with Crippen LogP contribution in [0.4, 0.5) is 4.39 Å². The molecule has 0 spiro atoms. The summed E-state index contributed by atoms with van der Waals surface area (Å²) in [5.74, 6) is 0.715. The van der Waals surface area contributed by atoms with Gasteiger partial charge >= 0.3 is 0 Å². The molecule has 1 aromatic rings. The van der Waals surface area contributed by atoms with E-state index >= 15 is 0 Å². The summed E-state index contributed by atoms with van der Waals surface area (Å²) in [5, 5.41) is 1.08. The van der Waals surface area contributed by atoms with Crippen LogP contribution in [0.15, 0.2) is 18.2 Å². The molecule has 1 aromatic carbocycles. The fourth-order valence-corrected chi connectivity index (χ4v) is 4.87. The van der Waals surface area contributed by atoms with Crippen LogP contribution in [0.5, 0.6) is 0 Å². The van der Waals surface area contributed by atoms with Crippen LogP contribution in [0.2, 0.25) is 0 Å². The van der Waals surface area contributed by atoms with E-state index in [1.807, 2.05) is 11.8 Å². The number of carbonyl (C=O) groups excluding carboxylic acids is 1. The lowest BCUT2D eigenvalue weighted by Crippen LogP contribution is -2.32. The van der Waals surface area contributed by atoms with Gasteiger partial charge in [0.2, 0.25) is 0 Å². The zero-order chi connectivity index (χ0) is 13.3. The quantitative estimate of drug-likeness (QED) is 0.766. The van der Waals surface area contributed by atoms with Crippen LogP contribution in [0.25, 0.3) is 0 Å². The van der Waals surface area contributed by atoms with Crippen LogP contribution < -0.4 is 0 Å². The molecule has 18 heavy (non-hydrogen) atoms. The zero-order valence-corrected chi connectivity index (χ0v) is 12.4. The molecule has 0 saturated carbocycles. The van der Waals surface area contributed by atoms with Gasteiger partial charge in [0.15, 0.2) is 5.78 Å². The number of benzene rings is 1. The van der Waals surface area contributed by atoms with Crippen LogP contribution in [-0.2, 0) is 0 Å². The van der Waals surface area contributed by atoms with Gasteiger partial charge < -0.3 is 0 Å². The number of thioether (sulfide) groups is 2. The second-order valence-corrected chi connectivity index (χ2v) is 7.69. The van der Waals surface area contributed by atoms with Crippen molar-refractivity contribution in [3.8, 4) is 0 Å². The Balaban J connectivity index is 2.16. The fraction of sp³-hybridized carbons (Fsp3) is 0.500. The van der Waals surface area contributed by atoms with Crippen LogP contribution in [0, 0.1) is 12.7 Å². The predicted molar refractivity (Wildman–Crippen MR) is 78.2 cm³/mol. The van der Waals surface area contributed by atoms with Gasteiger partial charge in [-0.1, -0.05) is 13.8 Å². The number of Topliss-reactive ketones (excluding diaryl/α,β-unsaturated/α-hetero) is 1. The highest BCUT2D eigenvalue weighted by molar-refractivity contribution is 8.08. The first kappa shape index (κ1) is 13.9. The van der Waals surface area contributed by atoms with Crippen molar-refractivity contribution in [2.75, 3.05) is 5.75 Å². The number of ketones is 1. The molecule has 0 radical (unpaired) electrons. The molecule has 3 unspecified atom stereocenters. The minimum atomic E-state index is -0.281. The Morgan fingerprint density at radius 2 is 2.06 bits per heavy atom. The number of hydrogen-bond donors (Lipinski definition) is 0. The van der Waals surface area contributed by atoms with E-state index in [-0.39, 0.29) is 16.9 Å². The average Bonchev–Trinajstić information content (AvgIpc) is 2.32. The number of aryl methyl sites for hydroxylation is 1. The molecular weight excluding hydrogens is 267 g/mol. The van der Waals surface area contributed by atoms with Crippen molar-refractivity contribution in [2.24, 2.45) is 0 Å². The Morgan fingerprint density at radius 1 is 1.33 bits per heavy atom. The molecular formula is C14H17FOS2. The van der Waals surface area contributed by atoms with Crippen molar-refractivity contribution in [2.45, 2.75) is 36.5 Å². The molecule has 2 rings (SSSR count). The van der Waals surface area contributed by atoms with Gasteiger partial charge in [0.05, 0.1) is 5.25 Å². The van der Waals surface area contributed by atoms with Crippen LogP contribution in [0.1, 0.15) is 29.8 Å². The molecule has 1 saturated heterocycles. The van der Waals surface area contributed by atoms with Crippen LogP contribution in [-0.4, -0.2) is 27.3 Å². The van der Waals surface area contributed by atoms with E-state index in [0.29, 0.717) is 16.1 Å². The first-order chi connectivity index (χ1) is 8.49. The lowest BCUT2D eigenvalue weighted by Gasteiger charge is -2.30. The fourth-order valence-electron chi connectivity index (χ4n) is 2.00. The molecule has 98 valence electrons. The summed E-state index contributed by atoms with van der Waals surface area (Å²) in [6.07, 6.45) is 0. The van der Waals surface area contributed by atoms with Crippen molar-refractivity contribution in [1.82, 2.24) is 0 Å². The van der Waals surface area contributed by atoms with Crippen molar-refractivity contribution in [3.63, 3.8) is 0 Å². The van der Waals surface area contributed by atoms with E-state index in [0.717, 1.165) is 11.3 Å². The second kappa shape index (κ2) is 5.66. The smallest absolute Gasteiger partial charge is 0.176 e. The summed E-state index contributed by atoms with van der Waals surface area (Å²) in [6, 6.07) is 4.41. The lowest BCUT2D eigenvalue weighted by molar-refractivity contribution is 0.0994. The summed E-state index contributed by atoms with van der Waals surface area (Å²) in [6.45, 7) is 6.16. The highest BCUT2D eigenvalue weighted by Crippen LogP contribution is 2.37. The van der Waals surface area contributed by atoms with Gasteiger partial charge in [0.25, 0.3) is 0 Å². The molecule has 1 aliphatic heterocycles. The maximum absolute atomic E-state index is 13.0. The van der Waals surface area contributed by atoms with E-state index < -0.39 is 0 Å². The Labute approximate surface area is 116 Å². The van der Waals surface area contributed by atoms with Gasteiger partial charge in [-0.05, 0) is 30.7 Å². The van der Waals surface area contributed by atoms with Gasteiger partial charge in [-0.3, -0.25) is 4.79 Å². The summed E-state index contributed by atoms with van der Waals surface area (Å²) in [4.78, 5) is 12.4. The molecule has 1 heterocycles. The molecule has 1 nitrogen and oxygen atoms in total.